The quantitative estimate of drug-likeness (QED) is 0.886. The Bertz CT molecular complexity index is 506. The molecule has 0 saturated carbocycles. The molecule has 4 heteroatoms. The molecule has 0 saturated heterocycles. The first-order valence-corrected chi connectivity index (χ1v) is 6.86. The van der Waals surface area contributed by atoms with E-state index in [0.717, 1.165) is 35.1 Å². The Labute approximate surface area is 119 Å². The van der Waals surface area contributed by atoms with Gasteiger partial charge in [0.1, 0.15) is 5.82 Å². The van der Waals surface area contributed by atoms with Crippen LogP contribution in [0.15, 0.2) is 36.4 Å². The van der Waals surface area contributed by atoms with Crippen molar-refractivity contribution in [2.24, 2.45) is 5.92 Å². The summed E-state index contributed by atoms with van der Waals surface area (Å²) in [5.74, 6) is 1.51. The fourth-order valence-electron chi connectivity index (χ4n) is 1.69. The first kappa shape index (κ1) is 13.8. The van der Waals surface area contributed by atoms with Gasteiger partial charge < -0.3 is 5.32 Å². The van der Waals surface area contributed by atoms with Crippen molar-refractivity contribution in [3.05, 3.63) is 41.4 Å². The highest BCUT2D eigenvalue weighted by atomic mass is 35.5. The van der Waals surface area contributed by atoms with Gasteiger partial charge in [-0.1, -0.05) is 37.6 Å². The fraction of sp³-hybridized carbons (Fsp3) is 0.333. The van der Waals surface area contributed by atoms with Crippen molar-refractivity contribution in [1.29, 1.82) is 0 Å². The van der Waals surface area contributed by atoms with Crippen LogP contribution in [0.1, 0.15) is 20.3 Å². The van der Waals surface area contributed by atoms with Gasteiger partial charge in [-0.25, -0.2) is 0 Å². The average Bonchev–Trinajstić information content (AvgIpc) is 2.40. The second kappa shape index (κ2) is 6.53. The second-order valence-electron chi connectivity index (χ2n) is 4.92. The first-order chi connectivity index (χ1) is 9.15. The Hall–Kier alpha value is -1.61. The van der Waals surface area contributed by atoms with Gasteiger partial charge in [0.15, 0.2) is 0 Å². The van der Waals surface area contributed by atoms with Crippen LogP contribution in [0.5, 0.6) is 0 Å². The molecule has 0 aliphatic carbocycles. The van der Waals surface area contributed by atoms with Gasteiger partial charge in [0.25, 0.3) is 0 Å². The van der Waals surface area contributed by atoms with Crippen molar-refractivity contribution in [2.75, 3.05) is 11.9 Å². The molecule has 2 aromatic rings. The summed E-state index contributed by atoms with van der Waals surface area (Å²) < 4.78 is 0. The summed E-state index contributed by atoms with van der Waals surface area (Å²) in [5.41, 5.74) is 1.87. The Morgan fingerprint density at radius 3 is 2.37 bits per heavy atom. The highest BCUT2D eigenvalue weighted by Crippen LogP contribution is 2.19. The van der Waals surface area contributed by atoms with Crippen molar-refractivity contribution in [2.45, 2.75) is 20.3 Å². The van der Waals surface area contributed by atoms with Crippen LogP contribution in [0.2, 0.25) is 5.02 Å². The summed E-state index contributed by atoms with van der Waals surface area (Å²) >= 11 is 5.86. The Kier molecular flexibility index (Phi) is 4.74. The van der Waals surface area contributed by atoms with E-state index in [2.05, 4.69) is 29.4 Å². The molecule has 1 N–H and O–H groups in total. The maximum absolute atomic E-state index is 5.86. The smallest absolute Gasteiger partial charge is 0.148 e. The van der Waals surface area contributed by atoms with Crippen molar-refractivity contribution < 1.29 is 0 Å². The molecule has 0 radical (unpaired) electrons. The molecule has 0 amide bonds. The zero-order valence-corrected chi connectivity index (χ0v) is 12.0. The third-order valence-corrected chi connectivity index (χ3v) is 3.08. The van der Waals surface area contributed by atoms with Crippen LogP contribution in [0, 0.1) is 5.92 Å². The molecule has 0 bridgehead atoms. The molecule has 1 aromatic heterocycles. The lowest BCUT2D eigenvalue weighted by Gasteiger charge is -2.07. The predicted molar refractivity (Wildman–Crippen MR) is 80.4 cm³/mol. The molecule has 1 aromatic carbocycles. The number of nitrogens with one attached hydrogen (secondary N) is 1. The van der Waals surface area contributed by atoms with E-state index < -0.39 is 0 Å². The Balaban J connectivity index is 2.00. The van der Waals surface area contributed by atoms with Crippen molar-refractivity contribution in [3.8, 4) is 11.3 Å². The topological polar surface area (TPSA) is 37.8 Å². The summed E-state index contributed by atoms with van der Waals surface area (Å²) in [7, 11) is 0. The highest BCUT2D eigenvalue weighted by Gasteiger charge is 2.01. The molecule has 2 rings (SSSR count). The van der Waals surface area contributed by atoms with Gasteiger partial charge in [-0.3, -0.25) is 0 Å². The van der Waals surface area contributed by atoms with E-state index in [-0.39, 0.29) is 0 Å². The molecule has 1 heterocycles. The predicted octanol–water partition coefficient (Wildman–Crippen LogP) is 4.26. The van der Waals surface area contributed by atoms with Crippen LogP contribution in [0.4, 0.5) is 5.82 Å². The number of hydrogen-bond acceptors (Lipinski definition) is 3. The zero-order valence-electron chi connectivity index (χ0n) is 11.2. The number of rotatable bonds is 5. The van der Waals surface area contributed by atoms with E-state index in [1.54, 1.807) is 0 Å². The van der Waals surface area contributed by atoms with E-state index in [0.29, 0.717) is 5.92 Å². The minimum atomic E-state index is 0.689. The molecule has 100 valence electrons. The molecular weight excluding hydrogens is 258 g/mol. The van der Waals surface area contributed by atoms with E-state index in [1.165, 1.54) is 0 Å². The van der Waals surface area contributed by atoms with E-state index in [1.807, 2.05) is 36.4 Å². The van der Waals surface area contributed by atoms with Gasteiger partial charge >= 0.3 is 0 Å². The van der Waals surface area contributed by atoms with Crippen LogP contribution < -0.4 is 5.32 Å². The van der Waals surface area contributed by atoms with Gasteiger partial charge in [-0.05, 0) is 36.6 Å². The van der Waals surface area contributed by atoms with Crippen LogP contribution in [0.25, 0.3) is 11.3 Å². The zero-order chi connectivity index (χ0) is 13.7. The molecule has 19 heavy (non-hydrogen) atoms. The van der Waals surface area contributed by atoms with Crippen LogP contribution in [-0.4, -0.2) is 16.7 Å². The number of hydrogen-bond donors (Lipinski definition) is 1. The number of halogens is 1. The number of benzene rings is 1. The molecule has 0 unspecified atom stereocenters. The van der Waals surface area contributed by atoms with Gasteiger partial charge in [0, 0.05) is 17.1 Å². The monoisotopic (exact) mass is 275 g/mol. The van der Waals surface area contributed by atoms with Crippen molar-refractivity contribution in [3.63, 3.8) is 0 Å². The Morgan fingerprint density at radius 1 is 1.05 bits per heavy atom. The second-order valence-corrected chi connectivity index (χ2v) is 5.36. The molecule has 0 spiro atoms. The van der Waals surface area contributed by atoms with Crippen LogP contribution in [-0.2, 0) is 0 Å². The number of anilines is 1. The average molecular weight is 276 g/mol. The third kappa shape index (κ3) is 4.21. The number of nitrogens with zero attached hydrogens (tertiary/aromatic N) is 2. The Morgan fingerprint density at radius 2 is 1.79 bits per heavy atom. The summed E-state index contributed by atoms with van der Waals surface area (Å²) in [4.78, 5) is 0. The van der Waals surface area contributed by atoms with Gasteiger partial charge in [-0.15, -0.1) is 10.2 Å². The lowest BCUT2D eigenvalue weighted by atomic mass is 10.1. The summed E-state index contributed by atoms with van der Waals surface area (Å²) in [5, 5.41) is 12.4. The minimum Gasteiger partial charge on any atom is -0.369 e. The molecule has 0 fully saturated rings. The lowest BCUT2D eigenvalue weighted by molar-refractivity contribution is 0.606. The first-order valence-electron chi connectivity index (χ1n) is 6.48. The van der Waals surface area contributed by atoms with Crippen molar-refractivity contribution in [1.82, 2.24) is 10.2 Å². The molecular formula is C15H18ClN3. The minimum absolute atomic E-state index is 0.689. The number of aromatic nitrogens is 2. The van der Waals surface area contributed by atoms with Gasteiger partial charge in [0.05, 0.1) is 5.69 Å². The lowest BCUT2D eigenvalue weighted by Crippen LogP contribution is -2.06. The summed E-state index contributed by atoms with van der Waals surface area (Å²) in [6.45, 7) is 5.33. The molecule has 3 nitrogen and oxygen atoms in total. The third-order valence-electron chi connectivity index (χ3n) is 2.83. The van der Waals surface area contributed by atoms with Gasteiger partial charge in [-0.2, -0.15) is 0 Å². The van der Waals surface area contributed by atoms with Crippen LogP contribution >= 0.6 is 11.6 Å². The maximum Gasteiger partial charge on any atom is 0.148 e. The SMILES string of the molecule is CC(C)CCNc1ccc(-c2ccc(Cl)cc2)nn1. The van der Waals surface area contributed by atoms with Gasteiger partial charge in [0.2, 0.25) is 0 Å². The standard InChI is InChI=1S/C15H18ClN3/c1-11(2)9-10-17-15-8-7-14(18-19-15)12-3-5-13(16)6-4-12/h3-8,11H,9-10H2,1-2H3,(H,17,19). The molecule has 0 aliphatic rings. The van der Waals surface area contributed by atoms with Crippen molar-refractivity contribution >= 4 is 17.4 Å². The van der Waals surface area contributed by atoms with E-state index in [9.17, 15) is 0 Å². The maximum atomic E-state index is 5.86. The summed E-state index contributed by atoms with van der Waals surface area (Å²) in [6.07, 6.45) is 1.13. The van der Waals surface area contributed by atoms with E-state index in [4.69, 9.17) is 11.6 Å². The molecule has 0 aliphatic heterocycles. The van der Waals surface area contributed by atoms with E-state index >= 15 is 0 Å². The normalized spacial score (nSPS) is 10.7. The van der Waals surface area contributed by atoms with Crippen LogP contribution in [0.3, 0.4) is 0 Å². The largest absolute Gasteiger partial charge is 0.369 e. The summed E-state index contributed by atoms with van der Waals surface area (Å²) in [6, 6.07) is 11.5. The molecule has 0 atom stereocenters. The fourth-order valence-corrected chi connectivity index (χ4v) is 1.82. The highest BCUT2D eigenvalue weighted by molar-refractivity contribution is 6.30.